The third kappa shape index (κ3) is 4.84. The number of aryl methyl sites for hydroxylation is 1. The van der Waals surface area contributed by atoms with E-state index in [1.54, 1.807) is 17.4 Å². The van der Waals surface area contributed by atoms with E-state index in [1.807, 2.05) is 6.08 Å². The van der Waals surface area contributed by atoms with Gasteiger partial charge < -0.3 is 0 Å². The van der Waals surface area contributed by atoms with E-state index in [9.17, 15) is 4.39 Å². The maximum Gasteiger partial charge on any atom is 0.116 e. The minimum atomic E-state index is -0.492. The van der Waals surface area contributed by atoms with Crippen molar-refractivity contribution in [1.82, 2.24) is 0 Å². The molecule has 1 aromatic heterocycles. The van der Waals surface area contributed by atoms with Gasteiger partial charge in [-0.1, -0.05) is 45.7 Å². The largest absolute Gasteiger partial charge is 0.208 e. The van der Waals surface area contributed by atoms with Crippen LogP contribution < -0.4 is 9.75 Å². The first-order valence-electron chi connectivity index (χ1n) is 6.14. The first-order valence-corrected chi connectivity index (χ1v) is 6.95. The summed E-state index contributed by atoms with van der Waals surface area (Å²) in [6, 6.07) is 2.11. The Bertz CT molecular complexity index is 629. The lowest BCUT2D eigenvalue weighted by molar-refractivity contribution is 0.671. The Kier molecular flexibility index (Phi) is 5.71. The van der Waals surface area contributed by atoms with Gasteiger partial charge in [0.25, 0.3) is 0 Å². The van der Waals surface area contributed by atoms with Gasteiger partial charge in [-0.05, 0) is 41.0 Å². The third-order valence-corrected chi connectivity index (χ3v) is 3.76. The van der Waals surface area contributed by atoms with E-state index in [2.05, 4.69) is 39.3 Å². The average molecular weight is 274 g/mol. The molecule has 1 aromatic rings. The Morgan fingerprint density at radius 1 is 1.26 bits per heavy atom. The second kappa shape index (κ2) is 7.05. The molecule has 2 heteroatoms. The van der Waals surface area contributed by atoms with Crippen LogP contribution in [0.4, 0.5) is 4.39 Å². The third-order valence-electron chi connectivity index (χ3n) is 2.57. The molecule has 1 heterocycles. The first kappa shape index (κ1) is 15.4. The van der Waals surface area contributed by atoms with Gasteiger partial charge in [0.2, 0.25) is 0 Å². The summed E-state index contributed by atoms with van der Waals surface area (Å²) in [6.45, 7) is 17.1. The summed E-state index contributed by atoms with van der Waals surface area (Å²) in [7, 11) is 0. The topological polar surface area (TPSA) is 0 Å². The fourth-order valence-electron chi connectivity index (χ4n) is 1.54. The van der Waals surface area contributed by atoms with E-state index in [4.69, 9.17) is 0 Å². The van der Waals surface area contributed by atoms with Crippen LogP contribution in [-0.2, 0) is 6.42 Å². The van der Waals surface area contributed by atoms with Crippen molar-refractivity contribution in [3.05, 3.63) is 69.6 Å². The molecule has 0 radical (unpaired) electrons. The van der Waals surface area contributed by atoms with Crippen LogP contribution in [-0.4, -0.2) is 0 Å². The molecule has 1 rings (SSSR count). The normalized spacial score (nSPS) is 12.0. The lowest BCUT2D eigenvalue weighted by atomic mass is 10.1. The monoisotopic (exact) mass is 274 g/mol. The van der Waals surface area contributed by atoms with Crippen LogP contribution in [0.25, 0.3) is 12.7 Å². The summed E-state index contributed by atoms with van der Waals surface area (Å²) in [5.41, 5.74) is 1.43. The molecule has 0 aliphatic carbocycles. The van der Waals surface area contributed by atoms with Crippen molar-refractivity contribution in [2.24, 2.45) is 0 Å². The maximum atomic E-state index is 12.5. The van der Waals surface area contributed by atoms with Crippen LogP contribution in [0, 0.1) is 0 Å². The van der Waals surface area contributed by atoms with Gasteiger partial charge in [0.1, 0.15) is 5.83 Å². The van der Waals surface area contributed by atoms with Crippen LogP contribution in [0.5, 0.6) is 0 Å². The molecule has 19 heavy (non-hydrogen) atoms. The van der Waals surface area contributed by atoms with Gasteiger partial charge in [0.15, 0.2) is 0 Å². The van der Waals surface area contributed by atoms with Crippen molar-refractivity contribution in [2.45, 2.75) is 19.8 Å². The zero-order valence-electron chi connectivity index (χ0n) is 11.3. The molecular weight excluding hydrogens is 255 g/mol. The summed E-state index contributed by atoms with van der Waals surface area (Å²) in [5, 5.41) is 1.00. The zero-order valence-corrected chi connectivity index (χ0v) is 12.2. The highest BCUT2D eigenvalue weighted by atomic mass is 32.1. The number of hydrogen-bond acceptors (Lipinski definition) is 1. The van der Waals surface area contributed by atoms with E-state index >= 15 is 0 Å². The fourth-order valence-corrected chi connectivity index (χ4v) is 2.72. The molecule has 0 fully saturated rings. The van der Waals surface area contributed by atoms with Crippen LogP contribution in [0.3, 0.4) is 0 Å². The molecule has 0 aliphatic rings. The number of halogens is 1. The van der Waals surface area contributed by atoms with Gasteiger partial charge in [-0.3, -0.25) is 0 Å². The molecule has 0 aliphatic heterocycles. The number of thiophene rings is 1. The minimum absolute atomic E-state index is 0.492. The molecular formula is C17H19FS. The highest BCUT2D eigenvalue weighted by molar-refractivity contribution is 7.09. The molecule has 100 valence electrons. The molecule has 0 spiro atoms. The summed E-state index contributed by atoms with van der Waals surface area (Å²) < 4.78 is 13.6. The SMILES string of the molecule is C=C(F)/C=C\C(=C)C(=C)/C=c1/sc(CCC)cc1=C. The first-order chi connectivity index (χ1) is 8.93. The molecule has 0 bridgehead atoms. The second-order valence-electron chi connectivity index (χ2n) is 4.33. The summed E-state index contributed by atoms with van der Waals surface area (Å²) in [5.74, 6) is -0.492. The molecule has 0 amide bonds. The average Bonchev–Trinajstić information content (AvgIpc) is 2.67. The van der Waals surface area contributed by atoms with E-state index < -0.39 is 5.83 Å². The summed E-state index contributed by atoms with van der Waals surface area (Å²) >= 11 is 1.72. The van der Waals surface area contributed by atoms with Crippen molar-refractivity contribution in [2.75, 3.05) is 0 Å². The van der Waals surface area contributed by atoms with E-state index in [-0.39, 0.29) is 0 Å². The highest BCUT2D eigenvalue weighted by Gasteiger charge is 1.98. The summed E-state index contributed by atoms with van der Waals surface area (Å²) in [4.78, 5) is 1.32. The number of rotatable bonds is 6. The quantitative estimate of drug-likeness (QED) is 0.687. The van der Waals surface area contributed by atoms with E-state index in [0.717, 1.165) is 28.2 Å². The van der Waals surface area contributed by atoms with Crippen LogP contribution in [0.1, 0.15) is 18.2 Å². The Balaban J connectivity index is 2.96. The van der Waals surface area contributed by atoms with Crippen LogP contribution in [0.2, 0.25) is 0 Å². The van der Waals surface area contributed by atoms with Crippen LogP contribution in [0.15, 0.2) is 54.9 Å². The summed E-state index contributed by atoms with van der Waals surface area (Å²) in [6.07, 6.45) is 6.98. The predicted molar refractivity (Wildman–Crippen MR) is 85.2 cm³/mol. The fraction of sp³-hybridized carbons (Fsp3) is 0.176. The van der Waals surface area contributed by atoms with Gasteiger partial charge in [-0.25, -0.2) is 4.39 Å². The van der Waals surface area contributed by atoms with Crippen molar-refractivity contribution >= 4 is 24.0 Å². The van der Waals surface area contributed by atoms with Gasteiger partial charge in [-0.15, -0.1) is 11.3 Å². The Hall–Kier alpha value is -1.67. The van der Waals surface area contributed by atoms with Gasteiger partial charge in [-0.2, -0.15) is 0 Å². The zero-order chi connectivity index (χ0) is 14.4. The standard InChI is InChI=1S/C17H19FS/c1-6-7-16-10-14(4)17(19-16)11-13(3)12(2)8-9-15(5)18/h8-11H,2-7H2,1H3/b9-8-,17-11+. The number of hydrogen-bond donors (Lipinski definition) is 0. The Morgan fingerprint density at radius 2 is 1.95 bits per heavy atom. The van der Waals surface area contributed by atoms with Gasteiger partial charge in [0, 0.05) is 9.41 Å². The molecule has 0 unspecified atom stereocenters. The predicted octanol–water partition coefficient (Wildman–Crippen LogP) is 4.04. The lowest BCUT2D eigenvalue weighted by Crippen LogP contribution is -2.15. The Morgan fingerprint density at radius 3 is 2.53 bits per heavy atom. The van der Waals surface area contributed by atoms with E-state index in [1.165, 1.54) is 11.0 Å². The van der Waals surface area contributed by atoms with Crippen molar-refractivity contribution in [3.8, 4) is 0 Å². The minimum Gasteiger partial charge on any atom is -0.208 e. The smallest absolute Gasteiger partial charge is 0.116 e. The van der Waals surface area contributed by atoms with E-state index in [0.29, 0.717) is 5.57 Å². The molecule has 0 N–H and O–H groups in total. The molecule has 0 saturated heterocycles. The van der Waals surface area contributed by atoms with Gasteiger partial charge >= 0.3 is 0 Å². The number of allylic oxidation sites excluding steroid dienone is 5. The van der Waals surface area contributed by atoms with Crippen molar-refractivity contribution in [1.29, 1.82) is 0 Å². The van der Waals surface area contributed by atoms with Crippen molar-refractivity contribution in [3.63, 3.8) is 0 Å². The van der Waals surface area contributed by atoms with Crippen molar-refractivity contribution < 1.29 is 4.39 Å². The molecule has 0 saturated carbocycles. The molecule has 0 aromatic carbocycles. The second-order valence-corrected chi connectivity index (χ2v) is 5.50. The maximum absolute atomic E-state index is 12.5. The molecule has 0 nitrogen and oxygen atoms in total. The van der Waals surface area contributed by atoms with Crippen LogP contribution >= 0.6 is 11.3 Å². The van der Waals surface area contributed by atoms with Gasteiger partial charge in [0.05, 0.1) is 0 Å². The highest BCUT2D eigenvalue weighted by Crippen LogP contribution is 2.11. The Labute approximate surface area is 118 Å². The lowest BCUT2D eigenvalue weighted by Gasteiger charge is -1.97. The molecule has 0 atom stereocenters.